The molecule has 3 aromatic rings. The lowest BCUT2D eigenvalue weighted by Crippen LogP contribution is -2.30. The largest absolute Gasteiger partial charge is 0.463 e. The minimum atomic E-state index is -0.164. The van der Waals surface area contributed by atoms with Crippen molar-refractivity contribution in [2.75, 3.05) is 0 Å². The van der Waals surface area contributed by atoms with Gasteiger partial charge in [0.25, 0.3) is 0 Å². The predicted octanol–water partition coefficient (Wildman–Crippen LogP) is 4.29. The average molecular weight is 363 g/mol. The molecule has 1 saturated heterocycles. The monoisotopic (exact) mass is 363 g/mol. The second-order valence-corrected chi connectivity index (χ2v) is 7.27. The van der Waals surface area contributed by atoms with Crippen LogP contribution in [-0.4, -0.2) is 27.4 Å². The number of carbonyl (C=O) groups is 1. The summed E-state index contributed by atoms with van der Waals surface area (Å²) in [5.74, 6) is 0.673. The van der Waals surface area contributed by atoms with Gasteiger partial charge in [0, 0.05) is 0 Å². The van der Waals surface area contributed by atoms with E-state index in [0.29, 0.717) is 17.5 Å². The number of carbonyl (C=O) groups excluding carboxylic acids is 1. The number of furan rings is 1. The molecule has 0 spiro atoms. The predicted molar refractivity (Wildman–Crippen MR) is 105 cm³/mol. The van der Waals surface area contributed by atoms with Gasteiger partial charge < -0.3 is 4.42 Å². The molecule has 0 unspecified atom stereocenters. The van der Waals surface area contributed by atoms with Crippen molar-refractivity contribution in [2.24, 2.45) is 10.2 Å². The maximum Gasteiger partial charge on any atom is 0.242 e. The van der Waals surface area contributed by atoms with Gasteiger partial charge in [-0.3, -0.25) is 9.69 Å². The van der Waals surface area contributed by atoms with Crippen molar-refractivity contribution in [3.63, 3.8) is 0 Å². The molecular formula is C20H17N3O2S. The van der Waals surface area contributed by atoms with Crippen LogP contribution in [0.3, 0.4) is 0 Å². The molecule has 2 aromatic carbocycles. The highest BCUT2D eigenvalue weighted by Gasteiger charge is 2.35. The molecule has 0 saturated carbocycles. The van der Waals surface area contributed by atoms with Crippen LogP contribution in [0.4, 0.5) is 0 Å². The Morgan fingerprint density at radius 1 is 1.15 bits per heavy atom. The van der Waals surface area contributed by atoms with Crippen molar-refractivity contribution in [2.45, 2.75) is 18.7 Å². The summed E-state index contributed by atoms with van der Waals surface area (Å²) in [6.07, 6.45) is 3.12. The van der Waals surface area contributed by atoms with Gasteiger partial charge in [-0.25, -0.2) is 0 Å². The van der Waals surface area contributed by atoms with Crippen LogP contribution in [0.15, 0.2) is 75.5 Å². The molecule has 1 fully saturated rings. The first-order valence-electron chi connectivity index (χ1n) is 8.31. The Morgan fingerprint density at radius 2 is 2.00 bits per heavy atom. The van der Waals surface area contributed by atoms with Crippen molar-refractivity contribution in [1.82, 2.24) is 4.90 Å². The fraction of sp³-hybridized carbons (Fsp3) is 0.150. The van der Waals surface area contributed by atoms with Crippen LogP contribution in [0.2, 0.25) is 0 Å². The lowest BCUT2D eigenvalue weighted by atomic mass is 10.0. The van der Waals surface area contributed by atoms with Gasteiger partial charge in [-0.1, -0.05) is 54.2 Å². The van der Waals surface area contributed by atoms with E-state index >= 15 is 0 Å². The Morgan fingerprint density at radius 3 is 2.85 bits per heavy atom. The lowest BCUT2D eigenvalue weighted by Gasteiger charge is -2.17. The molecule has 1 aliphatic heterocycles. The fourth-order valence-corrected chi connectivity index (χ4v) is 3.83. The highest BCUT2D eigenvalue weighted by atomic mass is 32.2. The summed E-state index contributed by atoms with van der Waals surface area (Å²) in [4.78, 5) is 14.3. The van der Waals surface area contributed by atoms with Gasteiger partial charge in [-0.2, -0.15) is 5.10 Å². The van der Waals surface area contributed by atoms with Crippen LogP contribution in [0.1, 0.15) is 18.2 Å². The minimum Gasteiger partial charge on any atom is -0.463 e. The summed E-state index contributed by atoms with van der Waals surface area (Å²) in [6, 6.07) is 17.9. The number of fused-ring (bicyclic) bond motifs is 1. The topological polar surface area (TPSA) is 58.2 Å². The molecule has 6 heteroatoms. The zero-order chi connectivity index (χ0) is 17.9. The molecule has 5 nitrogen and oxygen atoms in total. The third kappa shape index (κ3) is 3.28. The van der Waals surface area contributed by atoms with Gasteiger partial charge in [-0.05, 0) is 35.4 Å². The average Bonchev–Trinajstić information content (AvgIpc) is 3.26. The molecule has 26 heavy (non-hydrogen) atoms. The van der Waals surface area contributed by atoms with Gasteiger partial charge in [0.1, 0.15) is 5.76 Å². The summed E-state index contributed by atoms with van der Waals surface area (Å²) < 4.78 is 5.21. The van der Waals surface area contributed by atoms with Gasteiger partial charge in [0.15, 0.2) is 5.17 Å². The molecule has 0 N–H and O–H groups in total. The van der Waals surface area contributed by atoms with Crippen molar-refractivity contribution < 1.29 is 9.21 Å². The standard InChI is InChI=1S/C20H17N3O2S/c1-14-19(24)23(20(26-14)22-21-12-17-9-5-11-25-17)13-16-8-4-7-15-6-2-3-10-18(15)16/h2-12,14H,13H2,1H3/b21-12-,22-20-/t14-/m1/s1. The van der Waals surface area contributed by atoms with Gasteiger partial charge in [-0.15, -0.1) is 5.10 Å². The quantitative estimate of drug-likeness (QED) is 0.513. The number of amidine groups is 1. The van der Waals surface area contributed by atoms with Crippen LogP contribution >= 0.6 is 11.8 Å². The van der Waals surface area contributed by atoms with Crippen LogP contribution in [-0.2, 0) is 11.3 Å². The molecule has 1 aliphatic rings. The first-order chi connectivity index (χ1) is 12.7. The van der Waals surface area contributed by atoms with E-state index in [1.165, 1.54) is 18.0 Å². The molecule has 1 aromatic heterocycles. The van der Waals surface area contributed by atoms with Crippen LogP contribution in [0, 0.1) is 0 Å². The summed E-state index contributed by atoms with van der Waals surface area (Å²) in [5, 5.41) is 11.1. The number of benzene rings is 2. The number of hydrogen-bond donors (Lipinski definition) is 0. The van der Waals surface area contributed by atoms with E-state index in [-0.39, 0.29) is 11.2 Å². The lowest BCUT2D eigenvalue weighted by molar-refractivity contribution is -0.126. The van der Waals surface area contributed by atoms with E-state index in [1.807, 2.05) is 31.2 Å². The van der Waals surface area contributed by atoms with Gasteiger partial charge in [0.2, 0.25) is 5.91 Å². The van der Waals surface area contributed by atoms with E-state index in [9.17, 15) is 4.79 Å². The first-order valence-corrected chi connectivity index (χ1v) is 9.19. The summed E-state index contributed by atoms with van der Waals surface area (Å²) in [5.41, 5.74) is 1.09. The van der Waals surface area contributed by atoms with Crippen molar-refractivity contribution >= 4 is 39.8 Å². The van der Waals surface area contributed by atoms with Gasteiger partial charge >= 0.3 is 0 Å². The van der Waals surface area contributed by atoms with E-state index in [0.717, 1.165) is 16.3 Å². The molecule has 4 rings (SSSR count). The summed E-state index contributed by atoms with van der Waals surface area (Å²) in [7, 11) is 0. The molecule has 0 aliphatic carbocycles. The third-order valence-electron chi connectivity index (χ3n) is 4.21. The van der Waals surface area contributed by atoms with E-state index < -0.39 is 0 Å². The molecular weight excluding hydrogens is 346 g/mol. The zero-order valence-corrected chi connectivity index (χ0v) is 15.0. The highest BCUT2D eigenvalue weighted by Crippen LogP contribution is 2.30. The van der Waals surface area contributed by atoms with Crippen LogP contribution < -0.4 is 0 Å². The Bertz CT molecular complexity index is 990. The fourth-order valence-electron chi connectivity index (χ4n) is 2.91. The highest BCUT2D eigenvalue weighted by molar-refractivity contribution is 8.15. The molecule has 0 radical (unpaired) electrons. The van der Waals surface area contributed by atoms with E-state index in [2.05, 4.69) is 28.4 Å². The number of thioether (sulfide) groups is 1. The Hall–Kier alpha value is -2.86. The van der Waals surface area contributed by atoms with Gasteiger partial charge in [0.05, 0.1) is 24.3 Å². The molecule has 1 atom stereocenters. The maximum absolute atomic E-state index is 12.6. The minimum absolute atomic E-state index is 0.0508. The Balaban J connectivity index is 1.63. The Kier molecular flexibility index (Phi) is 4.58. The van der Waals surface area contributed by atoms with Crippen LogP contribution in [0.5, 0.6) is 0 Å². The summed E-state index contributed by atoms with van der Waals surface area (Å²) in [6.45, 7) is 2.37. The third-order valence-corrected chi connectivity index (χ3v) is 5.27. The van der Waals surface area contributed by atoms with E-state index in [1.54, 1.807) is 23.3 Å². The molecule has 1 amide bonds. The number of amides is 1. The number of rotatable bonds is 4. The molecule has 2 heterocycles. The smallest absolute Gasteiger partial charge is 0.242 e. The normalized spacial score (nSPS) is 19.3. The SMILES string of the molecule is C[C@H]1S/C(=N\N=C/c2ccco2)N(Cc2cccc3ccccc23)C1=O. The Labute approximate surface area is 155 Å². The first kappa shape index (κ1) is 16.6. The van der Waals surface area contributed by atoms with Crippen LogP contribution in [0.25, 0.3) is 10.8 Å². The molecule has 0 bridgehead atoms. The van der Waals surface area contributed by atoms with Crippen molar-refractivity contribution in [1.29, 1.82) is 0 Å². The van der Waals surface area contributed by atoms with Crippen molar-refractivity contribution in [3.8, 4) is 0 Å². The number of nitrogens with zero attached hydrogens (tertiary/aromatic N) is 3. The van der Waals surface area contributed by atoms with E-state index in [4.69, 9.17) is 4.42 Å². The number of hydrogen-bond acceptors (Lipinski definition) is 5. The zero-order valence-electron chi connectivity index (χ0n) is 14.2. The molecule has 130 valence electrons. The maximum atomic E-state index is 12.6. The second kappa shape index (κ2) is 7.17. The second-order valence-electron chi connectivity index (χ2n) is 5.97. The van der Waals surface area contributed by atoms with Crippen molar-refractivity contribution in [3.05, 3.63) is 72.2 Å². The summed E-state index contributed by atoms with van der Waals surface area (Å²) >= 11 is 1.43.